The number of hydrogen-bond acceptors (Lipinski definition) is 10. The molecule has 0 spiro atoms. The average Bonchev–Trinajstić information content (AvgIpc) is 3.11. The summed E-state index contributed by atoms with van der Waals surface area (Å²) in [5.41, 5.74) is 0.952. The Morgan fingerprint density at radius 3 is 1.32 bits per heavy atom. The summed E-state index contributed by atoms with van der Waals surface area (Å²) in [6.45, 7) is 12.6. The predicted octanol–water partition coefficient (Wildman–Crippen LogP) is 7.23. The van der Waals surface area contributed by atoms with Gasteiger partial charge in [-0.2, -0.15) is 0 Å². The highest BCUT2D eigenvalue weighted by Gasteiger charge is 2.31. The molecule has 53 heavy (non-hydrogen) atoms. The van der Waals surface area contributed by atoms with E-state index in [9.17, 15) is 9.59 Å². The van der Waals surface area contributed by atoms with Gasteiger partial charge < -0.3 is 48.7 Å². The first-order chi connectivity index (χ1) is 25.0. The molecule has 0 saturated heterocycles. The molecule has 2 aromatic carbocycles. The first kappa shape index (κ1) is 41.9. The fraction of sp³-hybridized carbons (Fsp3) is 0.650. The minimum Gasteiger partial charge on any atom is -0.526 e. The number of amides is 2. The van der Waals surface area contributed by atoms with E-state index in [0.717, 1.165) is 74.0 Å². The van der Waals surface area contributed by atoms with Crippen LogP contribution in [0, 0.1) is 0 Å². The van der Waals surface area contributed by atoms with Crippen molar-refractivity contribution >= 4 is 19.9 Å². The van der Waals surface area contributed by atoms with Crippen LogP contribution < -0.4 is 29.4 Å². The topological polar surface area (TPSA) is 120 Å². The molecule has 2 amide bonds. The van der Waals surface area contributed by atoms with Crippen molar-refractivity contribution in [1.82, 2.24) is 20.4 Å². The van der Waals surface area contributed by atoms with Gasteiger partial charge in [-0.05, 0) is 129 Å². The standard InChI is InChI=1S/C40H62BN4O8/c1-39(2,3)50-37(46)44(7)31-15-11-29(12-16-31)42-25-27-23-33(19-21-35(27)48-9)52-41-53-34-20-22-36(49-10)28(24-34)26-43-30-13-17-32(18-14-30)45(8)38(47)51-40(4,5)6/h19-24,29-32,42-43H,11-18,25-26H2,1-10H3. The van der Waals surface area contributed by atoms with Gasteiger partial charge in [-0.3, -0.25) is 0 Å². The minimum absolute atomic E-state index is 0.175. The molecule has 0 aromatic heterocycles. The highest BCUT2D eigenvalue weighted by atomic mass is 16.6. The first-order valence-corrected chi connectivity index (χ1v) is 18.9. The summed E-state index contributed by atoms with van der Waals surface area (Å²) in [6, 6.07) is 12.4. The molecule has 2 aliphatic rings. The zero-order chi connectivity index (χ0) is 38.8. The Balaban J connectivity index is 1.23. The SMILES string of the molecule is COc1ccc(O[B]Oc2ccc(OC)c(CNC3CCC(N(C)C(=O)OC(C)(C)C)CC3)c2)cc1CNC1CCC(N(C)C(=O)OC(C)(C)C)CC1. The lowest BCUT2D eigenvalue weighted by molar-refractivity contribution is 0.0169. The van der Waals surface area contributed by atoms with Crippen molar-refractivity contribution in [2.45, 2.75) is 141 Å². The quantitative estimate of drug-likeness (QED) is 0.192. The van der Waals surface area contributed by atoms with Gasteiger partial charge in [0.2, 0.25) is 0 Å². The number of nitrogens with one attached hydrogen (secondary N) is 2. The monoisotopic (exact) mass is 737 g/mol. The number of methoxy groups -OCH3 is 2. The molecule has 4 rings (SSSR count). The van der Waals surface area contributed by atoms with E-state index in [1.165, 1.54) is 7.69 Å². The zero-order valence-electron chi connectivity index (χ0n) is 33.6. The molecular formula is C40H62BN4O8. The second kappa shape index (κ2) is 19.0. The molecule has 2 fully saturated rings. The van der Waals surface area contributed by atoms with E-state index in [1.54, 1.807) is 24.0 Å². The van der Waals surface area contributed by atoms with Gasteiger partial charge in [-0.1, -0.05) is 0 Å². The molecule has 1 radical (unpaired) electrons. The largest absolute Gasteiger partial charge is 0.658 e. The molecule has 2 aromatic rings. The smallest absolute Gasteiger partial charge is 0.526 e. The average molecular weight is 738 g/mol. The highest BCUT2D eigenvalue weighted by molar-refractivity contribution is 6.20. The lowest BCUT2D eigenvalue weighted by atomic mass is 9.90. The summed E-state index contributed by atoms with van der Waals surface area (Å²) in [7, 11) is 8.33. The van der Waals surface area contributed by atoms with Gasteiger partial charge in [0.25, 0.3) is 0 Å². The predicted molar refractivity (Wildman–Crippen MR) is 207 cm³/mol. The molecule has 2 aliphatic carbocycles. The molecule has 0 unspecified atom stereocenters. The Morgan fingerprint density at radius 1 is 0.642 bits per heavy atom. The number of rotatable bonds is 14. The maximum absolute atomic E-state index is 12.5. The minimum atomic E-state index is -0.505. The van der Waals surface area contributed by atoms with Gasteiger partial charge >= 0.3 is 19.9 Å². The van der Waals surface area contributed by atoms with E-state index in [1.807, 2.05) is 92.0 Å². The Labute approximate surface area is 317 Å². The normalized spacial score (nSPS) is 20.5. The van der Waals surface area contributed by atoms with Crippen molar-refractivity contribution < 1.29 is 37.8 Å². The maximum atomic E-state index is 12.5. The van der Waals surface area contributed by atoms with Crippen LogP contribution in [-0.4, -0.2) is 93.4 Å². The molecule has 2 saturated carbocycles. The summed E-state index contributed by atoms with van der Waals surface area (Å²) in [4.78, 5) is 28.5. The highest BCUT2D eigenvalue weighted by Crippen LogP contribution is 2.29. The third kappa shape index (κ3) is 13.2. The molecule has 0 bridgehead atoms. The Kier molecular flexibility index (Phi) is 15.0. The summed E-state index contributed by atoms with van der Waals surface area (Å²) >= 11 is 0. The van der Waals surface area contributed by atoms with Crippen molar-refractivity contribution in [1.29, 1.82) is 0 Å². The lowest BCUT2D eigenvalue weighted by Crippen LogP contribution is -2.44. The van der Waals surface area contributed by atoms with E-state index in [0.29, 0.717) is 36.7 Å². The van der Waals surface area contributed by atoms with Crippen molar-refractivity contribution in [2.24, 2.45) is 0 Å². The van der Waals surface area contributed by atoms with E-state index >= 15 is 0 Å². The summed E-state index contributed by atoms with van der Waals surface area (Å²) in [5, 5.41) is 7.34. The fourth-order valence-electron chi connectivity index (χ4n) is 6.88. The summed E-state index contributed by atoms with van der Waals surface area (Å²) in [5.74, 6) is 2.82. The van der Waals surface area contributed by atoms with Crippen LogP contribution >= 0.6 is 0 Å². The van der Waals surface area contributed by atoms with Gasteiger partial charge in [0, 0.05) is 62.5 Å². The van der Waals surface area contributed by atoms with Gasteiger partial charge in [0.15, 0.2) is 0 Å². The van der Waals surface area contributed by atoms with E-state index in [-0.39, 0.29) is 24.3 Å². The van der Waals surface area contributed by atoms with Crippen LogP contribution in [0.5, 0.6) is 23.0 Å². The number of carbonyl (C=O) groups is 2. The van der Waals surface area contributed by atoms with Crippen LogP contribution in [0.25, 0.3) is 0 Å². The number of hydrogen-bond donors (Lipinski definition) is 2. The second-order valence-electron chi connectivity index (χ2n) is 16.2. The Morgan fingerprint density at radius 2 is 1.00 bits per heavy atom. The number of ether oxygens (including phenoxy) is 4. The summed E-state index contributed by atoms with van der Waals surface area (Å²) < 4.78 is 34.2. The van der Waals surface area contributed by atoms with Crippen molar-refractivity contribution in [3.8, 4) is 23.0 Å². The summed E-state index contributed by atoms with van der Waals surface area (Å²) in [6.07, 6.45) is 6.99. The third-order valence-electron chi connectivity index (χ3n) is 9.89. The van der Waals surface area contributed by atoms with E-state index < -0.39 is 11.2 Å². The maximum Gasteiger partial charge on any atom is 0.658 e. The van der Waals surface area contributed by atoms with Crippen LogP contribution in [0.2, 0.25) is 0 Å². The molecule has 0 aliphatic heterocycles. The Bertz CT molecular complexity index is 1370. The molecule has 2 N–H and O–H groups in total. The number of carbonyl (C=O) groups excluding carboxylic acids is 2. The van der Waals surface area contributed by atoms with Crippen LogP contribution in [0.4, 0.5) is 9.59 Å². The second-order valence-corrected chi connectivity index (χ2v) is 16.2. The Hall–Kier alpha value is -3.84. The van der Waals surface area contributed by atoms with Crippen LogP contribution in [0.1, 0.15) is 104 Å². The van der Waals surface area contributed by atoms with E-state index in [2.05, 4.69) is 10.6 Å². The van der Waals surface area contributed by atoms with Crippen molar-refractivity contribution in [2.75, 3.05) is 28.3 Å². The lowest BCUT2D eigenvalue weighted by Gasteiger charge is -2.35. The van der Waals surface area contributed by atoms with Crippen LogP contribution in [-0.2, 0) is 22.6 Å². The van der Waals surface area contributed by atoms with Gasteiger partial charge in [-0.15, -0.1) is 0 Å². The fourth-order valence-corrected chi connectivity index (χ4v) is 6.88. The van der Waals surface area contributed by atoms with Crippen molar-refractivity contribution in [3.05, 3.63) is 47.5 Å². The molecular weight excluding hydrogens is 675 g/mol. The number of benzene rings is 2. The first-order valence-electron chi connectivity index (χ1n) is 18.9. The molecule has 293 valence electrons. The molecule has 0 heterocycles. The van der Waals surface area contributed by atoms with E-state index in [4.69, 9.17) is 28.3 Å². The van der Waals surface area contributed by atoms with Gasteiger partial charge in [0.1, 0.15) is 34.2 Å². The van der Waals surface area contributed by atoms with Crippen LogP contribution in [0.15, 0.2) is 36.4 Å². The molecule has 13 heteroatoms. The number of nitrogens with zero attached hydrogens (tertiary/aromatic N) is 2. The molecule has 12 nitrogen and oxygen atoms in total. The van der Waals surface area contributed by atoms with Crippen LogP contribution in [0.3, 0.4) is 0 Å². The van der Waals surface area contributed by atoms with Gasteiger partial charge in [-0.25, -0.2) is 9.59 Å². The van der Waals surface area contributed by atoms with Gasteiger partial charge in [0.05, 0.1) is 14.2 Å². The molecule has 0 atom stereocenters. The zero-order valence-corrected chi connectivity index (χ0v) is 33.6. The third-order valence-corrected chi connectivity index (χ3v) is 9.89. The van der Waals surface area contributed by atoms with Crippen molar-refractivity contribution in [3.63, 3.8) is 0 Å².